The number of benzene rings is 3. The molecule has 0 aliphatic heterocycles. The second kappa shape index (κ2) is 3.94. The van der Waals surface area contributed by atoms with Crippen molar-refractivity contribution in [2.75, 3.05) is 0 Å². The lowest BCUT2D eigenvalue weighted by Crippen LogP contribution is -1.82. The van der Waals surface area contributed by atoms with Crippen molar-refractivity contribution in [3.05, 3.63) is 46.4 Å². The van der Waals surface area contributed by atoms with E-state index in [9.17, 15) is 10.2 Å². The fourth-order valence-corrected chi connectivity index (χ4v) is 2.45. The minimum absolute atomic E-state index is 0.0944. The Morgan fingerprint density at radius 1 is 0.667 bits per heavy atom. The zero-order valence-electron chi connectivity index (χ0n) is 9.11. The summed E-state index contributed by atoms with van der Waals surface area (Å²) in [4.78, 5) is 0. The monoisotopic (exact) mass is 278 g/mol. The predicted molar refractivity (Wildman–Crippen MR) is 74.8 cm³/mol. The Morgan fingerprint density at radius 3 is 1.44 bits per heavy atom. The topological polar surface area (TPSA) is 40.5 Å². The summed E-state index contributed by atoms with van der Waals surface area (Å²) in [6, 6.07) is 10.2. The molecule has 4 heteroatoms. The van der Waals surface area contributed by atoms with Crippen LogP contribution in [-0.4, -0.2) is 10.2 Å². The third-order valence-electron chi connectivity index (χ3n) is 3.01. The summed E-state index contributed by atoms with van der Waals surface area (Å²) >= 11 is 11.9. The average molecular weight is 279 g/mol. The molecule has 0 saturated carbocycles. The number of hydrogen-bond acceptors (Lipinski definition) is 2. The number of rotatable bonds is 0. The van der Waals surface area contributed by atoms with Crippen molar-refractivity contribution in [1.82, 2.24) is 0 Å². The normalized spacial score (nSPS) is 11.2. The van der Waals surface area contributed by atoms with Gasteiger partial charge < -0.3 is 10.2 Å². The van der Waals surface area contributed by atoms with Crippen LogP contribution in [-0.2, 0) is 0 Å². The first-order valence-electron chi connectivity index (χ1n) is 5.31. The Bertz CT molecular complexity index is 716. The fourth-order valence-electron chi connectivity index (χ4n) is 2.12. The number of fused-ring (bicyclic) bond motifs is 2. The van der Waals surface area contributed by atoms with Crippen LogP contribution in [0, 0.1) is 0 Å². The van der Waals surface area contributed by atoms with Gasteiger partial charge in [-0.15, -0.1) is 0 Å². The van der Waals surface area contributed by atoms with Crippen molar-refractivity contribution in [3.63, 3.8) is 0 Å². The van der Waals surface area contributed by atoms with E-state index in [2.05, 4.69) is 0 Å². The lowest BCUT2D eigenvalue weighted by Gasteiger charge is -2.10. The summed E-state index contributed by atoms with van der Waals surface area (Å²) in [7, 11) is 0. The molecular formula is C14H8Cl2O2. The molecule has 3 rings (SSSR count). The van der Waals surface area contributed by atoms with E-state index in [-0.39, 0.29) is 11.5 Å². The van der Waals surface area contributed by atoms with Gasteiger partial charge in [0.2, 0.25) is 0 Å². The highest BCUT2D eigenvalue weighted by Gasteiger charge is 2.14. The van der Waals surface area contributed by atoms with Gasteiger partial charge in [0.15, 0.2) is 0 Å². The molecule has 0 bridgehead atoms. The second-order valence-electron chi connectivity index (χ2n) is 4.05. The third kappa shape index (κ3) is 1.50. The van der Waals surface area contributed by atoms with Crippen LogP contribution < -0.4 is 0 Å². The maximum Gasteiger partial charge on any atom is 0.131 e. The van der Waals surface area contributed by atoms with Gasteiger partial charge in [0.25, 0.3) is 0 Å². The Morgan fingerprint density at radius 2 is 1.06 bits per heavy atom. The molecule has 0 amide bonds. The number of phenolic OH excluding ortho intramolecular Hbond substituents is 2. The number of phenols is 2. The highest BCUT2D eigenvalue weighted by molar-refractivity contribution is 6.43. The summed E-state index contributed by atoms with van der Waals surface area (Å²) in [5.74, 6) is 0.189. The molecule has 0 fully saturated rings. The molecule has 0 atom stereocenters. The SMILES string of the molecule is Oc1c2ccccc2c(O)c2cc(Cl)c(Cl)cc12. The van der Waals surface area contributed by atoms with Gasteiger partial charge in [-0.3, -0.25) is 0 Å². The lowest BCUT2D eigenvalue weighted by atomic mass is 10.0. The molecule has 2 nitrogen and oxygen atoms in total. The molecule has 0 spiro atoms. The van der Waals surface area contributed by atoms with Crippen molar-refractivity contribution in [2.24, 2.45) is 0 Å². The molecule has 90 valence electrons. The van der Waals surface area contributed by atoms with Crippen LogP contribution in [0.4, 0.5) is 0 Å². The first-order valence-corrected chi connectivity index (χ1v) is 6.06. The van der Waals surface area contributed by atoms with Crippen molar-refractivity contribution < 1.29 is 10.2 Å². The maximum atomic E-state index is 10.2. The van der Waals surface area contributed by atoms with Gasteiger partial charge in [-0.2, -0.15) is 0 Å². The summed E-state index contributed by atoms with van der Waals surface area (Å²) in [5.41, 5.74) is 0. The van der Waals surface area contributed by atoms with Gasteiger partial charge in [-0.25, -0.2) is 0 Å². The molecule has 3 aromatic carbocycles. The molecule has 2 N–H and O–H groups in total. The molecule has 0 aliphatic carbocycles. The molecule has 3 aromatic rings. The minimum Gasteiger partial charge on any atom is -0.507 e. The smallest absolute Gasteiger partial charge is 0.131 e. The first kappa shape index (κ1) is 11.5. The van der Waals surface area contributed by atoms with E-state index >= 15 is 0 Å². The average Bonchev–Trinajstić information content (AvgIpc) is 2.38. The molecule has 0 heterocycles. The van der Waals surface area contributed by atoms with Gasteiger partial charge in [-0.1, -0.05) is 47.5 Å². The van der Waals surface area contributed by atoms with Gasteiger partial charge in [-0.05, 0) is 12.1 Å². The molecular weight excluding hydrogens is 271 g/mol. The largest absolute Gasteiger partial charge is 0.507 e. The molecule has 0 unspecified atom stereocenters. The number of halogens is 2. The molecule has 0 aliphatic rings. The Kier molecular flexibility index (Phi) is 2.51. The van der Waals surface area contributed by atoms with Gasteiger partial charge in [0.1, 0.15) is 11.5 Å². The van der Waals surface area contributed by atoms with Crippen LogP contribution in [0.25, 0.3) is 21.5 Å². The van der Waals surface area contributed by atoms with Crippen LogP contribution >= 0.6 is 23.2 Å². The third-order valence-corrected chi connectivity index (χ3v) is 3.73. The quantitative estimate of drug-likeness (QED) is 0.462. The van der Waals surface area contributed by atoms with Gasteiger partial charge >= 0.3 is 0 Å². The molecule has 0 saturated heterocycles. The van der Waals surface area contributed by atoms with E-state index in [0.29, 0.717) is 31.6 Å². The predicted octanol–water partition coefficient (Wildman–Crippen LogP) is 4.71. The Hall–Kier alpha value is -1.64. The van der Waals surface area contributed by atoms with Gasteiger partial charge in [0, 0.05) is 21.5 Å². The minimum atomic E-state index is 0.0944. The highest BCUT2D eigenvalue weighted by atomic mass is 35.5. The number of aromatic hydroxyl groups is 2. The van der Waals surface area contributed by atoms with Gasteiger partial charge in [0.05, 0.1) is 10.0 Å². The van der Waals surface area contributed by atoms with Crippen LogP contribution in [0.5, 0.6) is 11.5 Å². The van der Waals surface area contributed by atoms with E-state index in [1.165, 1.54) is 0 Å². The van der Waals surface area contributed by atoms with E-state index in [4.69, 9.17) is 23.2 Å². The summed E-state index contributed by atoms with van der Waals surface area (Å²) < 4.78 is 0. The van der Waals surface area contributed by atoms with Crippen molar-refractivity contribution in [1.29, 1.82) is 0 Å². The second-order valence-corrected chi connectivity index (χ2v) is 4.87. The summed E-state index contributed by atoms with van der Waals surface area (Å²) in [5, 5.41) is 23.3. The summed E-state index contributed by atoms with van der Waals surface area (Å²) in [6.07, 6.45) is 0. The van der Waals surface area contributed by atoms with Crippen molar-refractivity contribution in [2.45, 2.75) is 0 Å². The van der Waals surface area contributed by atoms with Crippen molar-refractivity contribution in [3.8, 4) is 11.5 Å². The molecule has 0 radical (unpaired) electrons. The Labute approximate surface area is 113 Å². The van der Waals surface area contributed by atoms with Crippen LogP contribution in [0.15, 0.2) is 36.4 Å². The molecule has 18 heavy (non-hydrogen) atoms. The van der Waals surface area contributed by atoms with E-state index in [1.807, 2.05) is 0 Å². The maximum absolute atomic E-state index is 10.2. The lowest BCUT2D eigenvalue weighted by molar-refractivity contribution is 0.478. The summed E-state index contributed by atoms with van der Waals surface area (Å²) in [6.45, 7) is 0. The zero-order chi connectivity index (χ0) is 12.9. The zero-order valence-corrected chi connectivity index (χ0v) is 10.6. The molecule has 0 aromatic heterocycles. The van der Waals surface area contributed by atoms with Crippen molar-refractivity contribution >= 4 is 44.7 Å². The highest BCUT2D eigenvalue weighted by Crippen LogP contribution is 2.43. The Balaban J connectivity index is 2.62. The van der Waals surface area contributed by atoms with E-state index in [0.717, 1.165) is 0 Å². The van der Waals surface area contributed by atoms with Crippen LogP contribution in [0.3, 0.4) is 0 Å². The van der Waals surface area contributed by atoms with Crippen LogP contribution in [0.1, 0.15) is 0 Å². The van der Waals surface area contributed by atoms with E-state index < -0.39 is 0 Å². The fraction of sp³-hybridized carbons (Fsp3) is 0. The standard InChI is InChI=1S/C14H8Cl2O2/c15-11-5-9-10(6-12(11)16)14(18)8-4-2-1-3-7(8)13(9)17/h1-6,17-18H. The first-order chi connectivity index (χ1) is 8.59. The van der Waals surface area contributed by atoms with Crippen LogP contribution in [0.2, 0.25) is 10.0 Å². The van der Waals surface area contributed by atoms with E-state index in [1.54, 1.807) is 36.4 Å². The number of hydrogen-bond donors (Lipinski definition) is 2.